The van der Waals surface area contributed by atoms with Gasteiger partial charge in [0.2, 0.25) is 0 Å². The van der Waals surface area contributed by atoms with Crippen LogP contribution in [-0.2, 0) is 9.19 Å². The topological polar surface area (TPSA) is 38.7 Å². The molecule has 0 amide bonds. The molecule has 0 heterocycles. The van der Waals surface area contributed by atoms with Crippen LogP contribution in [0.25, 0.3) is 0 Å². The van der Waals surface area contributed by atoms with E-state index in [2.05, 4.69) is 9.78 Å². The van der Waals surface area contributed by atoms with Crippen LogP contribution in [0.2, 0.25) is 0 Å². The molecule has 9 heavy (non-hydrogen) atoms. The zero-order valence-electron chi connectivity index (χ0n) is 4.97. The second kappa shape index (κ2) is 3.45. The third-order valence-corrected chi connectivity index (χ3v) is 0.940. The third kappa shape index (κ3) is 8.28. The Morgan fingerprint density at radius 2 is 2.22 bits per heavy atom. The van der Waals surface area contributed by atoms with Gasteiger partial charge in [0, 0.05) is 6.66 Å². The second-order valence-corrected chi connectivity index (χ2v) is 5.46. The van der Waals surface area contributed by atoms with Gasteiger partial charge in [0.05, 0.1) is 0 Å². The molecule has 0 aliphatic rings. The number of halogens is 2. The van der Waals surface area contributed by atoms with E-state index in [4.69, 9.17) is 22.8 Å². The van der Waals surface area contributed by atoms with Gasteiger partial charge in [0.15, 0.2) is 0 Å². The standard InChI is InChI=1S/C3H6Cl2NO2P/c1-3(4)6-8-9(2,5)7/h1-2H3/b6-3-. The second-order valence-electron chi connectivity index (χ2n) is 1.42. The molecule has 0 aromatic rings. The highest BCUT2D eigenvalue weighted by Gasteiger charge is 2.09. The lowest BCUT2D eigenvalue weighted by molar-refractivity contribution is 0.351. The average Bonchev–Trinajstić information content (AvgIpc) is 1.59. The van der Waals surface area contributed by atoms with E-state index >= 15 is 0 Å². The summed E-state index contributed by atoms with van der Waals surface area (Å²) in [7, 11) is 0. The molecule has 0 bridgehead atoms. The maximum absolute atomic E-state index is 10.5. The maximum atomic E-state index is 10.5. The highest BCUT2D eigenvalue weighted by molar-refractivity contribution is 7.84. The van der Waals surface area contributed by atoms with Crippen molar-refractivity contribution >= 4 is 34.7 Å². The zero-order valence-corrected chi connectivity index (χ0v) is 7.37. The van der Waals surface area contributed by atoms with Crippen molar-refractivity contribution in [3.05, 3.63) is 0 Å². The Bertz CT molecular complexity index is 159. The lowest BCUT2D eigenvalue weighted by Crippen LogP contribution is -1.77. The van der Waals surface area contributed by atoms with E-state index in [1.807, 2.05) is 0 Å². The van der Waals surface area contributed by atoms with Gasteiger partial charge in [-0.25, -0.2) is 0 Å². The van der Waals surface area contributed by atoms with Crippen LogP contribution in [0, 0.1) is 0 Å². The third-order valence-electron chi connectivity index (χ3n) is 0.312. The lowest BCUT2D eigenvalue weighted by atomic mass is 10.9. The number of rotatable bonds is 2. The predicted molar refractivity (Wildman–Crippen MR) is 39.4 cm³/mol. The fourth-order valence-electron chi connectivity index (χ4n) is 0.129. The van der Waals surface area contributed by atoms with E-state index in [0.29, 0.717) is 0 Å². The van der Waals surface area contributed by atoms with Crippen LogP contribution in [0.5, 0.6) is 0 Å². The Kier molecular flexibility index (Phi) is 3.56. The molecule has 3 nitrogen and oxygen atoms in total. The van der Waals surface area contributed by atoms with Gasteiger partial charge in [-0.05, 0) is 18.2 Å². The molecule has 0 saturated carbocycles. The summed E-state index contributed by atoms with van der Waals surface area (Å²) in [5.41, 5.74) is 0. The van der Waals surface area contributed by atoms with Crippen LogP contribution in [-0.4, -0.2) is 11.8 Å². The first-order valence-electron chi connectivity index (χ1n) is 2.08. The number of hydrogen-bond donors (Lipinski definition) is 0. The van der Waals surface area contributed by atoms with Crippen molar-refractivity contribution in [2.24, 2.45) is 5.16 Å². The van der Waals surface area contributed by atoms with Gasteiger partial charge in [-0.2, -0.15) is 0 Å². The molecule has 0 aliphatic heterocycles. The maximum Gasteiger partial charge on any atom is 0.356 e. The van der Waals surface area contributed by atoms with E-state index in [1.165, 1.54) is 13.6 Å². The molecular weight excluding hydrogens is 184 g/mol. The molecule has 1 atom stereocenters. The molecule has 0 spiro atoms. The van der Waals surface area contributed by atoms with Crippen molar-refractivity contribution in [2.75, 3.05) is 6.66 Å². The largest absolute Gasteiger partial charge is 0.356 e. The summed E-state index contributed by atoms with van der Waals surface area (Å²) in [6.07, 6.45) is 0. The molecule has 0 radical (unpaired) electrons. The first-order chi connectivity index (χ1) is 3.92. The summed E-state index contributed by atoms with van der Waals surface area (Å²) in [6, 6.07) is 0. The molecule has 0 rings (SSSR count). The highest BCUT2D eigenvalue weighted by atomic mass is 35.7. The zero-order chi connectivity index (χ0) is 7.49. The minimum absolute atomic E-state index is 0.165. The molecule has 0 aromatic heterocycles. The van der Waals surface area contributed by atoms with Gasteiger partial charge in [0.25, 0.3) is 0 Å². The van der Waals surface area contributed by atoms with Crippen molar-refractivity contribution in [2.45, 2.75) is 6.92 Å². The summed E-state index contributed by atoms with van der Waals surface area (Å²) in [6.45, 7) is -0.291. The van der Waals surface area contributed by atoms with E-state index in [0.717, 1.165) is 0 Å². The van der Waals surface area contributed by atoms with Crippen molar-refractivity contribution in [1.82, 2.24) is 0 Å². The van der Waals surface area contributed by atoms with Crippen LogP contribution in [0.15, 0.2) is 5.16 Å². The molecule has 0 aromatic carbocycles. The van der Waals surface area contributed by atoms with Gasteiger partial charge < -0.3 is 4.62 Å². The first-order valence-corrected chi connectivity index (χ1v) is 5.43. The monoisotopic (exact) mass is 189 g/mol. The quantitative estimate of drug-likeness (QED) is 0.381. The van der Waals surface area contributed by atoms with E-state index < -0.39 is 6.72 Å². The minimum Gasteiger partial charge on any atom is -0.324 e. The minimum atomic E-state index is -3.02. The Hall–Kier alpha value is 0.280. The van der Waals surface area contributed by atoms with E-state index in [-0.39, 0.29) is 5.17 Å². The summed E-state index contributed by atoms with van der Waals surface area (Å²) < 4.78 is 14.8. The first kappa shape index (κ1) is 9.28. The Balaban J connectivity index is 3.79. The molecule has 1 unspecified atom stereocenters. The van der Waals surface area contributed by atoms with E-state index in [1.54, 1.807) is 0 Å². The van der Waals surface area contributed by atoms with Crippen LogP contribution in [0.4, 0.5) is 0 Å². The van der Waals surface area contributed by atoms with Crippen LogP contribution >= 0.6 is 29.6 Å². The molecular formula is C3H6Cl2NO2P. The molecule has 0 saturated heterocycles. The van der Waals surface area contributed by atoms with Crippen molar-refractivity contribution in [1.29, 1.82) is 0 Å². The average molecular weight is 190 g/mol. The van der Waals surface area contributed by atoms with Gasteiger partial charge in [-0.3, -0.25) is 4.57 Å². The highest BCUT2D eigenvalue weighted by Crippen LogP contribution is 2.48. The number of oxime groups is 1. The van der Waals surface area contributed by atoms with Crippen molar-refractivity contribution in [3.8, 4) is 0 Å². The predicted octanol–water partition coefficient (Wildman–Crippen LogP) is 2.64. The summed E-state index contributed by atoms with van der Waals surface area (Å²) >= 11 is 10.4. The Morgan fingerprint density at radius 3 is 2.33 bits per heavy atom. The van der Waals surface area contributed by atoms with Crippen molar-refractivity contribution in [3.63, 3.8) is 0 Å². The smallest absolute Gasteiger partial charge is 0.324 e. The normalized spacial score (nSPS) is 18.9. The summed E-state index contributed by atoms with van der Waals surface area (Å²) in [4.78, 5) is 0. The van der Waals surface area contributed by atoms with Gasteiger partial charge in [0.1, 0.15) is 5.17 Å². The van der Waals surface area contributed by atoms with E-state index in [9.17, 15) is 4.57 Å². The Labute approximate surface area is 63.2 Å². The summed E-state index contributed by atoms with van der Waals surface area (Å²) in [5.74, 6) is 0. The molecule has 54 valence electrons. The number of hydrogen-bond acceptors (Lipinski definition) is 3. The molecule has 0 fully saturated rings. The van der Waals surface area contributed by atoms with Gasteiger partial charge in [-0.15, -0.1) is 0 Å². The molecule has 6 heteroatoms. The molecule has 0 aliphatic carbocycles. The molecule has 0 N–H and O–H groups in total. The fourth-order valence-corrected chi connectivity index (χ4v) is 0.573. The number of nitrogens with zero attached hydrogens (tertiary/aromatic N) is 1. The van der Waals surface area contributed by atoms with Crippen LogP contribution in [0.1, 0.15) is 6.92 Å². The van der Waals surface area contributed by atoms with Crippen LogP contribution < -0.4 is 0 Å². The fraction of sp³-hybridized carbons (Fsp3) is 0.667. The summed E-state index contributed by atoms with van der Waals surface area (Å²) in [5, 5.41) is 3.35. The Morgan fingerprint density at radius 1 is 1.78 bits per heavy atom. The lowest BCUT2D eigenvalue weighted by Gasteiger charge is -1.98. The SMILES string of the molecule is C/C(Cl)=N/OP(C)(=O)Cl. The van der Waals surface area contributed by atoms with Crippen molar-refractivity contribution < 1.29 is 9.19 Å². The van der Waals surface area contributed by atoms with Gasteiger partial charge in [-0.1, -0.05) is 16.8 Å². The van der Waals surface area contributed by atoms with Gasteiger partial charge >= 0.3 is 6.72 Å². The van der Waals surface area contributed by atoms with Crippen LogP contribution in [0.3, 0.4) is 0 Å².